The Morgan fingerprint density at radius 2 is 2.20 bits per heavy atom. The SMILES string of the molecule is O=CC(CCl)C(=O)Oc1ccccc1Br. The van der Waals surface area contributed by atoms with Gasteiger partial charge in [-0.25, -0.2) is 0 Å². The van der Waals surface area contributed by atoms with Crippen LogP contribution in [0.1, 0.15) is 0 Å². The van der Waals surface area contributed by atoms with Crippen LogP contribution in [0, 0.1) is 5.92 Å². The third-order valence-corrected chi connectivity index (χ3v) is 2.67. The van der Waals surface area contributed by atoms with Crippen LogP contribution in [0.15, 0.2) is 28.7 Å². The van der Waals surface area contributed by atoms with Gasteiger partial charge >= 0.3 is 5.97 Å². The quantitative estimate of drug-likeness (QED) is 0.281. The Hall–Kier alpha value is -0.870. The molecule has 1 rings (SSSR count). The molecule has 1 aromatic rings. The number of hydrogen-bond acceptors (Lipinski definition) is 3. The molecule has 0 aromatic heterocycles. The molecule has 1 aromatic carbocycles. The van der Waals surface area contributed by atoms with E-state index in [2.05, 4.69) is 15.9 Å². The molecule has 3 nitrogen and oxygen atoms in total. The molecular formula is C10H8BrClO3. The molecule has 0 fully saturated rings. The maximum absolute atomic E-state index is 11.4. The van der Waals surface area contributed by atoms with Crippen LogP contribution in [-0.2, 0) is 9.59 Å². The molecule has 0 amide bonds. The number of alkyl halides is 1. The van der Waals surface area contributed by atoms with Gasteiger partial charge in [0.2, 0.25) is 0 Å². The zero-order valence-corrected chi connectivity index (χ0v) is 9.99. The van der Waals surface area contributed by atoms with E-state index in [1.54, 1.807) is 24.3 Å². The number of ether oxygens (including phenoxy) is 1. The first-order valence-electron chi connectivity index (χ1n) is 4.16. The van der Waals surface area contributed by atoms with Gasteiger partial charge in [-0.3, -0.25) is 4.79 Å². The van der Waals surface area contributed by atoms with Crippen molar-refractivity contribution in [1.29, 1.82) is 0 Å². The molecule has 1 unspecified atom stereocenters. The summed E-state index contributed by atoms with van der Waals surface area (Å²) in [6, 6.07) is 6.88. The highest BCUT2D eigenvalue weighted by Gasteiger charge is 2.19. The van der Waals surface area contributed by atoms with Gasteiger partial charge in [0.05, 0.1) is 4.47 Å². The summed E-state index contributed by atoms with van der Waals surface area (Å²) in [5.74, 6) is -1.27. The molecule has 0 bridgehead atoms. The Kier molecular flexibility index (Phi) is 4.78. The zero-order chi connectivity index (χ0) is 11.3. The number of carbonyl (C=O) groups excluding carboxylic acids is 2. The lowest BCUT2D eigenvalue weighted by Crippen LogP contribution is -2.23. The second-order valence-electron chi connectivity index (χ2n) is 2.75. The predicted octanol–water partition coefficient (Wildman–Crippen LogP) is 2.41. The van der Waals surface area contributed by atoms with Crippen LogP contribution in [0.5, 0.6) is 5.75 Å². The number of carbonyl (C=O) groups is 2. The first-order valence-corrected chi connectivity index (χ1v) is 5.49. The summed E-state index contributed by atoms with van der Waals surface area (Å²) in [5.41, 5.74) is 0. The Labute approximate surface area is 100 Å². The maximum atomic E-state index is 11.4. The number of aldehydes is 1. The van der Waals surface area contributed by atoms with E-state index in [1.165, 1.54) is 0 Å². The Morgan fingerprint density at radius 1 is 1.53 bits per heavy atom. The summed E-state index contributed by atoms with van der Waals surface area (Å²) in [7, 11) is 0. The Balaban J connectivity index is 2.74. The molecule has 0 radical (unpaired) electrons. The van der Waals surface area contributed by atoms with E-state index in [4.69, 9.17) is 16.3 Å². The van der Waals surface area contributed by atoms with Gasteiger partial charge in [-0.15, -0.1) is 11.6 Å². The van der Waals surface area contributed by atoms with Crippen molar-refractivity contribution in [3.63, 3.8) is 0 Å². The molecule has 0 aliphatic heterocycles. The van der Waals surface area contributed by atoms with Gasteiger partial charge in [0.1, 0.15) is 18.0 Å². The largest absolute Gasteiger partial charge is 0.425 e. The predicted molar refractivity (Wildman–Crippen MR) is 60.1 cm³/mol. The standard InChI is InChI=1S/C10H8BrClO3/c11-8-3-1-2-4-9(8)15-10(14)7(5-12)6-13/h1-4,6-7H,5H2. The van der Waals surface area contributed by atoms with Crippen LogP contribution >= 0.6 is 27.5 Å². The van der Waals surface area contributed by atoms with Crippen molar-refractivity contribution in [3.05, 3.63) is 28.7 Å². The molecule has 0 saturated carbocycles. The van der Waals surface area contributed by atoms with Gasteiger partial charge in [-0.2, -0.15) is 0 Å². The number of halogens is 2. The molecular weight excluding hydrogens is 283 g/mol. The fourth-order valence-corrected chi connectivity index (χ4v) is 1.43. The summed E-state index contributed by atoms with van der Waals surface area (Å²) in [6.45, 7) is 0. The molecule has 0 spiro atoms. The van der Waals surface area contributed by atoms with E-state index in [-0.39, 0.29) is 5.88 Å². The van der Waals surface area contributed by atoms with E-state index >= 15 is 0 Å². The highest BCUT2D eigenvalue weighted by molar-refractivity contribution is 9.10. The van der Waals surface area contributed by atoms with Crippen molar-refractivity contribution in [1.82, 2.24) is 0 Å². The van der Waals surface area contributed by atoms with E-state index in [0.717, 1.165) is 0 Å². The monoisotopic (exact) mass is 290 g/mol. The molecule has 0 aliphatic carbocycles. The van der Waals surface area contributed by atoms with Gasteiger partial charge in [0.25, 0.3) is 0 Å². The molecule has 0 aliphatic rings. The molecule has 5 heteroatoms. The van der Waals surface area contributed by atoms with Crippen molar-refractivity contribution in [2.24, 2.45) is 5.92 Å². The smallest absolute Gasteiger partial charge is 0.322 e. The summed E-state index contributed by atoms with van der Waals surface area (Å²) in [4.78, 5) is 21.8. The number of rotatable bonds is 4. The van der Waals surface area contributed by atoms with Gasteiger partial charge in [0, 0.05) is 5.88 Å². The first-order chi connectivity index (χ1) is 7.19. The lowest BCUT2D eigenvalue weighted by molar-refractivity contribution is -0.140. The third-order valence-electron chi connectivity index (χ3n) is 1.68. The van der Waals surface area contributed by atoms with Crippen molar-refractivity contribution < 1.29 is 14.3 Å². The summed E-state index contributed by atoms with van der Waals surface area (Å²) in [5, 5.41) is 0. The molecule has 1 atom stereocenters. The van der Waals surface area contributed by atoms with Gasteiger partial charge in [-0.05, 0) is 28.1 Å². The fraction of sp³-hybridized carbons (Fsp3) is 0.200. The van der Waals surface area contributed by atoms with Gasteiger partial charge in [0.15, 0.2) is 0 Å². The van der Waals surface area contributed by atoms with E-state index < -0.39 is 11.9 Å². The van der Waals surface area contributed by atoms with Gasteiger partial charge < -0.3 is 9.53 Å². The third kappa shape index (κ3) is 3.32. The van der Waals surface area contributed by atoms with Crippen molar-refractivity contribution in [2.45, 2.75) is 0 Å². The topological polar surface area (TPSA) is 43.4 Å². The van der Waals surface area contributed by atoms with Crippen molar-refractivity contribution in [2.75, 3.05) is 5.88 Å². The van der Waals surface area contributed by atoms with Crippen LogP contribution in [0.25, 0.3) is 0 Å². The second-order valence-corrected chi connectivity index (χ2v) is 3.91. The lowest BCUT2D eigenvalue weighted by Gasteiger charge is -2.08. The van der Waals surface area contributed by atoms with E-state index in [1.807, 2.05) is 0 Å². The minimum atomic E-state index is -0.918. The fourth-order valence-electron chi connectivity index (χ4n) is 0.866. The average molecular weight is 292 g/mol. The van der Waals surface area contributed by atoms with Crippen LogP contribution in [0.2, 0.25) is 0 Å². The summed E-state index contributed by atoms with van der Waals surface area (Å²) < 4.78 is 5.64. The highest BCUT2D eigenvalue weighted by atomic mass is 79.9. The molecule has 0 saturated heterocycles. The Bertz CT molecular complexity index is 367. The Morgan fingerprint density at radius 3 is 2.73 bits per heavy atom. The molecule has 15 heavy (non-hydrogen) atoms. The maximum Gasteiger partial charge on any atom is 0.322 e. The van der Waals surface area contributed by atoms with Crippen molar-refractivity contribution in [3.8, 4) is 5.75 Å². The number of esters is 1. The molecule has 0 heterocycles. The van der Waals surface area contributed by atoms with Crippen LogP contribution in [0.4, 0.5) is 0 Å². The van der Waals surface area contributed by atoms with Crippen LogP contribution in [0.3, 0.4) is 0 Å². The first kappa shape index (κ1) is 12.2. The minimum Gasteiger partial charge on any atom is -0.425 e. The summed E-state index contributed by atoms with van der Waals surface area (Å²) in [6.07, 6.45) is 0.478. The summed E-state index contributed by atoms with van der Waals surface area (Å²) >= 11 is 8.64. The zero-order valence-electron chi connectivity index (χ0n) is 7.65. The van der Waals surface area contributed by atoms with Crippen molar-refractivity contribution >= 4 is 39.8 Å². The number of hydrogen-bond donors (Lipinski definition) is 0. The van der Waals surface area contributed by atoms with Crippen LogP contribution in [-0.4, -0.2) is 18.1 Å². The normalized spacial score (nSPS) is 11.9. The average Bonchev–Trinajstić information content (AvgIpc) is 2.23. The lowest BCUT2D eigenvalue weighted by atomic mass is 10.2. The molecule has 80 valence electrons. The number of para-hydroxylation sites is 1. The van der Waals surface area contributed by atoms with E-state index in [0.29, 0.717) is 16.5 Å². The van der Waals surface area contributed by atoms with Gasteiger partial charge in [-0.1, -0.05) is 12.1 Å². The van der Waals surface area contributed by atoms with Crippen LogP contribution < -0.4 is 4.74 Å². The second kappa shape index (κ2) is 5.88. The highest BCUT2D eigenvalue weighted by Crippen LogP contribution is 2.24. The number of benzene rings is 1. The molecule has 0 N–H and O–H groups in total. The minimum absolute atomic E-state index is 0.0766. The van der Waals surface area contributed by atoms with E-state index in [9.17, 15) is 9.59 Å².